The van der Waals surface area contributed by atoms with E-state index >= 15 is 0 Å². The van der Waals surface area contributed by atoms with Crippen LogP contribution in [0.1, 0.15) is 58.9 Å². The Labute approximate surface area is 241 Å². The molecule has 2 saturated heterocycles. The van der Waals surface area contributed by atoms with Crippen molar-refractivity contribution in [3.8, 4) is 0 Å². The lowest BCUT2D eigenvalue weighted by Gasteiger charge is -2.37. The fraction of sp³-hybridized carbons (Fsp3) is 0.600. The summed E-state index contributed by atoms with van der Waals surface area (Å²) in [6.45, 7) is 8.23. The van der Waals surface area contributed by atoms with Crippen LogP contribution in [0.5, 0.6) is 0 Å². The second-order valence-corrected chi connectivity index (χ2v) is 12.5. The first-order chi connectivity index (χ1) is 19.4. The smallest absolute Gasteiger partial charge is 0.249 e. The molecule has 3 aliphatic rings. The Morgan fingerprint density at radius 3 is 2.56 bits per heavy atom. The predicted molar refractivity (Wildman–Crippen MR) is 155 cm³/mol. The molecule has 11 nitrogen and oxygen atoms in total. The minimum Gasteiger partial charge on any atom is -0.344 e. The van der Waals surface area contributed by atoms with E-state index in [0.717, 1.165) is 19.3 Å². The van der Waals surface area contributed by atoms with E-state index in [9.17, 15) is 24.0 Å². The average molecular weight is 567 g/mol. The zero-order valence-corrected chi connectivity index (χ0v) is 24.5. The first-order valence-electron chi connectivity index (χ1n) is 14.4. The largest absolute Gasteiger partial charge is 0.344 e. The van der Waals surface area contributed by atoms with Crippen molar-refractivity contribution in [2.24, 2.45) is 22.2 Å². The maximum Gasteiger partial charge on any atom is 0.249 e. The number of likely N-dealkylation sites (tertiary alicyclic amines) is 1. The number of benzene rings is 1. The van der Waals surface area contributed by atoms with E-state index in [4.69, 9.17) is 0 Å². The quantitative estimate of drug-likeness (QED) is 0.262. The van der Waals surface area contributed by atoms with Crippen molar-refractivity contribution < 1.29 is 24.0 Å². The molecule has 1 aromatic rings. The molecule has 0 spiro atoms. The summed E-state index contributed by atoms with van der Waals surface area (Å²) in [4.78, 5) is 68.7. The number of anilines is 1. The third kappa shape index (κ3) is 7.19. The second-order valence-electron chi connectivity index (χ2n) is 12.5. The van der Waals surface area contributed by atoms with Gasteiger partial charge >= 0.3 is 0 Å². The van der Waals surface area contributed by atoms with Gasteiger partial charge in [0.2, 0.25) is 29.5 Å². The van der Waals surface area contributed by atoms with E-state index < -0.39 is 23.5 Å². The summed E-state index contributed by atoms with van der Waals surface area (Å²) in [6.07, 6.45) is 4.66. The molecule has 11 heteroatoms. The second kappa shape index (κ2) is 12.5. The highest BCUT2D eigenvalue weighted by atomic mass is 16.2. The number of β-lactam (4-membered cyclic amide) rings is 1. The van der Waals surface area contributed by atoms with Crippen molar-refractivity contribution in [3.05, 3.63) is 29.8 Å². The normalized spacial score (nSPS) is 25.2. The summed E-state index contributed by atoms with van der Waals surface area (Å²) in [6, 6.07) is 5.35. The van der Waals surface area contributed by atoms with Crippen molar-refractivity contribution in [2.75, 3.05) is 18.9 Å². The fourth-order valence-corrected chi connectivity index (χ4v) is 5.89. The van der Waals surface area contributed by atoms with Crippen LogP contribution in [-0.2, 0) is 30.4 Å². The number of carbonyl (C=O) groups excluding carboxylic acids is 5. The number of hydrogen-bond donors (Lipinski definition) is 4. The van der Waals surface area contributed by atoms with Gasteiger partial charge in [-0.2, -0.15) is 0 Å². The van der Waals surface area contributed by atoms with Crippen LogP contribution < -0.4 is 21.3 Å². The van der Waals surface area contributed by atoms with Gasteiger partial charge in [0.05, 0.1) is 18.9 Å². The molecule has 0 radical (unpaired) electrons. The number of nitrogens with one attached hydrogen (secondary N) is 4. The zero-order valence-electron chi connectivity index (χ0n) is 24.5. The van der Waals surface area contributed by atoms with Crippen LogP contribution in [0.3, 0.4) is 0 Å². The highest BCUT2D eigenvalue weighted by Gasteiger charge is 2.48. The fourth-order valence-electron chi connectivity index (χ4n) is 5.89. The molecule has 2 aliphatic heterocycles. The van der Waals surface area contributed by atoms with E-state index in [1.807, 2.05) is 25.7 Å². The molecule has 4 rings (SSSR count). The molecular formula is C30H42N6O5. The van der Waals surface area contributed by atoms with Gasteiger partial charge in [0.1, 0.15) is 12.1 Å². The number of amides is 5. The molecule has 41 heavy (non-hydrogen) atoms. The molecule has 222 valence electrons. The minimum absolute atomic E-state index is 0.0359. The van der Waals surface area contributed by atoms with Gasteiger partial charge < -0.3 is 26.2 Å². The first-order valence-corrected chi connectivity index (χ1v) is 14.4. The molecule has 1 aliphatic carbocycles. The highest BCUT2D eigenvalue weighted by molar-refractivity contribution is 6.03. The Morgan fingerprint density at radius 1 is 1.17 bits per heavy atom. The van der Waals surface area contributed by atoms with Crippen LogP contribution in [0.15, 0.2) is 29.3 Å². The molecule has 3 fully saturated rings. The third-order valence-electron chi connectivity index (χ3n) is 8.40. The Hall–Kier alpha value is -3.60. The Kier molecular flexibility index (Phi) is 9.26. The van der Waals surface area contributed by atoms with Crippen molar-refractivity contribution in [1.82, 2.24) is 20.9 Å². The number of fused-ring (bicyclic) bond motifs is 1. The lowest BCUT2D eigenvalue weighted by Crippen LogP contribution is -2.58. The summed E-state index contributed by atoms with van der Waals surface area (Å²) < 4.78 is 0. The van der Waals surface area contributed by atoms with Crippen LogP contribution >= 0.6 is 0 Å². The lowest BCUT2D eigenvalue weighted by molar-refractivity contribution is -0.141. The summed E-state index contributed by atoms with van der Waals surface area (Å²) in [5.41, 5.74) is 0.786. The summed E-state index contributed by atoms with van der Waals surface area (Å²) in [5, 5.41) is 11.2. The predicted octanol–water partition coefficient (Wildman–Crippen LogP) is 1.42. The summed E-state index contributed by atoms with van der Waals surface area (Å²) in [7, 11) is 1.71. The molecule has 4 N–H and O–H groups in total. The van der Waals surface area contributed by atoms with Crippen molar-refractivity contribution in [3.63, 3.8) is 0 Å². The van der Waals surface area contributed by atoms with Gasteiger partial charge in [0, 0.05) is 30.4 Å². The van der Waals surface area contributed by atoms with Gasteiger partial charge in [0.25, 0.3) is 0 Å². The van der Waals surface area contributed by atoms with Crippen LogP contribution in [0.2, 0.25) is 0 Å². The minimum atomic E-state index is -0.669. The van der Waals surface area contributed by atoms with Gasteiger partial charge in [-0.05, 0) is 62.3 Å². The SMILES string of the molecule is CN[C@@H](C)C(=O)N[C@H](C(=O)N1CC[C@H]2CCC(C=NC(=O)Cc3cccc(NC(=O)C4CC(=O)N4)c3)[C@H]21)C(C)(C)C. The number of rotatable bonds is 9. The Balaban J connectivity index is 1.38. The number of hydrogen-bond acceptors (Lipinski definition) is 6. The molecular weight excluding hydrogens is 524 g/mol. The molecule has 6 atom stereocenters. The molecule has 1 saturated carbocycles. The standard InChI is InChI=1S/C30H42N6O5/c1-17(31-5)27(39)35-26(30(2,3)4)29(41)36-12-11-19-9-10-20(25(19)36)16-32-23(37)14-18-7-6-8-21(13-18)33-28(40)22-15-24(38)34-22/h6-8,13,16-17,19-20,22,25-26,31H,9-12,14-15H2,1-5H3,(H,33,40)(H,34,38)(H,35,39)/t17-,19+,20?,22?,25-,26+/m0/s1. The summed E-state index contributed by atoms with van der Waals surface area (Å²) in [5.74, 6) is -0.743. The van der Waals surface area contributed by atoms with E-state index in [1.54, 1.807) is 44.5 Å². The van der Waals surface area contributed by atoms with Gasteiger partial charge in [-0.1, -0.05) is 32.9 Å². The number of carbonyl (C=O) groups is 5. The zero-order chi connectivity index (χ0) is 29.9. The maximum absolute atomic E-state index is 13.8. The number of aliphatic imine (C=N–C) groups is 1. The van der Waals surface area contributed by atoms with Gasteiger partial charge in [-0.25, -0.2) is 4.99 Å². The van der Waals surface area contributed by atoms with Crippen molar-refractivity contribution in [2.45, 2.75) is 84.0 Å². The van der Waals surface area contributed by atoms with E-state index in [1.165, 1.54) is 0 Å². The average Bonchev–Trinajstić information content (AvgIpc) is 3.49. The van der Waals surface area contributed by atoms with Crippen LogP contribution in [0, 0.1) is 17.3 Å². The molecule has 0 bridgehead atoms. The van der Waals surface area contributed by atoms with Crippen molar-refractivity contribution >= 4 is 41.4 Å². The number of likely N-dealkylation sites (N-methyl/N-ethyl adjacent to an activating group) is 1. The van der Waals surface area contributed by atoms with Gasteiger partial charge in [-0.3, -0.25) is 24.0 Å². The maximum atomic E-state index is 13.8. The number of nitrogens with zero attached hydrogens (tertiary/aromatic N) is 2. The van der Waals surface area contributed by atoms with Gasteiger partial charge in [-0.15, -0.1) is 0 Å². The third-order valence-corrected chi connectivity index (χ3v) is 8.40. The molecule has 5 amide bonds. The van der Waals surface area contributed by atoms with Crippen LogP contribution in [0.4, 0.5) is 5.69 Å². The summed E-state index contributed by atoms with van der Waals surface area (Å²) >= 11 is 0. The van der Waals surface area contributed by atoms with E-state index in [2.05, 4.69) is 26.3 Å². The Morgan fingerprint density at radius 2 is 1.90 bits per heavy atom. The Bertz CT molecular complexity index is 1220. The molecule has 2 unspecified atom stereocenters. The van der Waals surface area contributed by atoms with Crippen LogP contribution in [0.25, 0.3) is 0 Å². The first kappa shape index (κ1) is 30.4. The lowest BCUT2D eigenvalue weighted by atomic mass is 9.85. The highest BCUT2D eigenvalue weighted by Crippen LogP contribution is 2.42. The van der Waals surface area contributed by atoms with Crippen molar-refractivity contribution in [1.29, 1.82) is 0 Å². The molecule has 0 aromatic heterocycles. The van der Waals surface area contributed by atoms with Gasteiger partial charge in [0.15, 0.2) is 0 Å². The monoisotopic (exact) mass is 566 g/mol. The topological polar surface area (TPSA) is 149 Å². The van der Waals surface area contributed by atoms with E-state index in [-0.39, 0.29) is 54.3 Å². The van der Waals surface area contributed by atoms with E-state index in [0.29, 0.717) is 23.7 Å². The van der Waals surface area contributed by atoms with Crippen LogP contribution in [-0.4, -0.2) is 78.4 Å². The molecule has 1 aromatic carbocycles. The molecule has 2 heterocycles.